The lowest BCUT2D eigenvalue weighted by Gasteiger charge is -2.28. The summed E-state index contributed by atoms with van der Waals surface area (Å²) >= 11 is 0. The Balaban J connectivity index is 1.45. The van der Waals surface area contributed by atoms with Gasteiger partial charge in [-0.2, -0.15) is 5.10 Å². The highest BCUT2D eigenvalue weighted by molar-refractivity contribution is 6.05. The molecule has 1 aromatic carbocycles. The molecular weight excluding hydrogens is 392 g/mol. The van der Waals surface area contributed by atoms with Crippen molar-refractivity contribution in [1.29, 1.82) is 0 Å². The Labute approximate surface area is 170 Å². The summed E-state index contributed by atoms with van der Waals surface area (Å²) in [5.74, 6) is -0.341. The van der Waals surface area contributed by atoms with E-state index >= 15 is 0 Å². The minimum atomic E-state index is -0.577. The van der Waals surface area contributed by atoms with Crippen molar-refractivity contribution < 1.29 is 19.2 Å². The molecule has 30 heavy (non-hydrogen) atoms. The first kappa shape index (κ1) is 19.1. The standard InChI is InChI=1S/C19H16N6O5/c26-18(21-17-5-7-23(22-17)10-13-2-1-6-20-9-13)11-24-15-8-14(25(28)29)3-4-16(15)30-12-19(24)27/h1-9H,10-12H2,(H,21,22,26). The van der Waals surface area contributed by atoms with E-state index in [4.69, 9.17) is 4.74 Å². The summed E-state index contributed by atoms with van der Waals surface area (Å²) in [4.78, 5) is 40.4. The molecule has 4 rings (SSSR count). The maximum Gasteiger partial charge on any atom is 0.271 e. The van der Waals surface area contributed by atoms with Crippen LogP contribution in [0.1, 0.15) is 5.56 Å². The SMILES string of the molecule is O=C(CN1C(=O)COc2ccc([N+](=O)[O-])cc21)Nc1ccn(Cc2cccnc2)n1. The van der Waals surface area contributed by atoms with Crippen LogP contribution in [0.15, 0.2) is 55.0 Å². The Kier molecular flexibility index (Phi) is 5.08. The van der Waals surface area contributed by atoms with Crippen LogP contribution in [0.2, 0.25) is 0 Å². The summed E-state index contributed by atoms with van der Waals surface area (Å²) in [7, 11) is 0. The first-order valence-electron chi connectivity index (χ1n) is 8.93. The van der Waals surface area contributed by atoms with Crippen molar-refractivity contribution in [2.24, 2.45) is 0 Å². The number of nitro groups is 1. The molecule has 0 radical (unpaired) electrons. The Morgan fingerprint density at radius 1 is 1.30 bits per heavy atom. The Morgan fingerprint density at radius 2 is 2.17 bits per heavy atom. The summed E-state index contributed by atoms with van der Waals surface area (Å²) in [5.41, 5.74) is 0.930. The monoisotopic (exact) mass is 408 g/mol. The van der Waals surface area contributed by atoms with Crippen molar-refractivity contribution in [1.82, 2.24) is 14.8 Å². The third-order valence-electron chi connectivity index (χ3n) is 4.37. The van der Waals surface area contributed by atoms with Gasteiger partial charge in [-0.15, -0.1) is 0 Å². The zero-order chi connectivity index (χ0) is 21.1. The van der Waals surface area contributed by atoms with Gasteiger partial charge in [-0.3, -0.25) is 34.3 Å². The quantitative estimate of drug-likeness (QED) is 0.484. The molecule has 11 heteroatoms. The fraction of sp³-hybridized carbons (Fsp3) is 0.158. The minimum absolute atomic E-state index is 0.178. The van der Waals surface area contributed by atoms with Gasteiger partial charge < -0.3 is 10.1 Å². The van der Waals surface area contributed by atoms with Crippen LogP contribution in [-0.4, -0.2) is 44.7 Å². The van der Waals surface area contributed by atoms with Gasteiger partial charge in [-0.25, -0.2) is 0 Å². The first-order chi connectivity index (χ1) is 14.5. The highest BCUT2D eigenvalue weighted by atomic mass is 16.6. The van der Waals surface area contributed by atoms with E-state index in [9.17, 15) is 19.7 Å². The number of amides is 2. The van der Waals surface area contributed by atoms with Gasteiger partial charge in [-0.1, -0.05) is 6.07 Å². The molecule has 11 nitrogen and oxygen atoms in total. The number of carbonyl (C=O) groups excluding carboxylic acids is 2. The molecule has 3 heterocycles. The van der Waals surface area contributed by atoms with Crippen molar-refractivity contribution in [3.8, 4) is 5.75 Å². The van der Waals surface area contributed by atoms with Gasteiger partial charge in [0, 0.05) is 36.8 Å². The van der Waals surface area contributed by atoms with E-state index in [1.165, 1.54) is 18.2 Å². The topological polar surface area (TPSA) is 132 Å². The summed E-state index contributed by atoms with van der Waals surface area (Å²) < 4.78 is 6.94. The molecule has 152 valence electrons. The number of nitrogens with zero attached hydrogens (tertiary/aromatic N) is 5. The highest BCUT2D eigenvalue weighted by Crippen LogP contribution is 2.35. The second-order valence-electron chi connectivity index (χ2n) is 6.49. The van der Waals surface area contributed by atoms with Crippen LogP contribution >= 0.6 is 0 Å². The van der Waals surface area contributed by atoms with E-state index < -0.39 is 16.7 Å². The lowest BCUT2D eigenvalue weighted by molar-refractivity contribution is -0.384. The van der Waals surface area contributed by atoms with E-state index in [-0.39, 0.29) is 24.5 Å². The molecule has 2 amide bonds. The maximum absolute atomic E-state index is 12.5. The fourth-order valence-electron chi connectivity index (χ4n) is 3.00. The molecule has 0 fully saturated rings. The third kappa shape index (κ3) is 4.09. The van der Waals surface area contributed by atoms with E-state index in [0.717, 1.165) is 10.5 Å². The Bertz CT molecular complexity index is 1110. The minimum Gasteiger partial charge on any atom is -0.482 e. The number of pyridine rings is 1. The molecule has 0 unspecified atom stereocenters. The number of nitrogens with one attached hydrogen (secondary N) is 1. The van der Waals surface area contributed by atoms with Crippen molar-refractivity contribution >= 4 is 29.0 Å². The number of nitro benzene ring substituents is 1. The van der Waals surface area contributed by atoms with Gasteiger partial charge in [0.15, 0.2) is 12.4 Å². The van der Waals surface area contributed by atoms with Crippen molar-refractivity contribution in [3.63, 3.8) is 0 Å². The van der Waals surface area contributed by atoms with E-state index in [2.05, 4.69) is 15.4 Å². The van der Waals surface area contributed by atoms with Gasteiger partial charge in [0.2, 0.25) is 5.91 Å². The average molecular weight is 408 g/mol. The Hall–Kier alpha value is -4.28. The molecular formula is C19H16N6O5. The smallest absolute Gasteiger partial charge is 0.271 e. The van der Waals surface area contributed by atoms with Gasteiger partial charge in [0.1, 0.15) is 12.3 Å². The lowest BCUT2D eigenvalue weighted by atomic mass is 10.2. The third-order valence-corrected chi connectivity index (χ3v) is 4.37. The number of hydrogen-bond donors (Lipinski definition) is 1. The molecule has 1 aliphatic heterocycles. The van der Waals surface area contributed by atoms with Crippen LogP contribution in [0, 0.1) is 10.1 Å². The second kappa shape index (κ2) is 7.99. The largest absolute Gasteiger partial charge is 0.482 e. The van der Waals surface area contributed by atoms with Gasteiger partial charge in [0.25, 0.3) is 11.6 Å². The van der Waals surface area contributed by atoms with Crippen LogP contribution in [0.4, 0.5) is 17.2 Å². The number of anilines is 2. The zero-order valence-corrected chi connectivity index (χ0v) is 15.6. The molecule has 0 atom stereocenters. The number of carbonyl (C=O) groups is 2. The summed E-state index contributed by atoms with van der Waals surface area (Å²) in [6, 6.07) is 9.26. The molecule has 0 spiro atoms. The molecule has 2 aromatic heterocycles. The van der Waals surface area contributed by atoms with Crippen LogP contribution in [0.3, 0.4) is 0 Å². The molecule has 0 bridgehead atoms. The van der Waals surface area contributed by atoms with Crippen LogP contribution in [0.5, 0.6) is 5.75 Å². The van der Waals surface area contributed by atoms with E-state index in [0.29, 0.717) is 18.1 Å². The predicted octanol–water partition coefficient (Wildman–Crippen LogP) is 1.60. The molecule has 0 saturated heterocycles. The van der Waals surface area contributed by atoms with Gasteiger partial charge >= 0.3 is 0 Å². The number of fused-ring (bicyclic) bond motifs is 1. The molecule has 1 N–H and O–H groups in total. The number of non-ortho nitro benzene ring substituents is 1. The number of aromatic nitrogens is 3. The van der Waals surface area contributed by atoms with Crippen molar-refractivity contribution in [2.75, 3.05) is 23.4 Å². The van der Waals surface area contributed by atoms with Crippen LogP contribution < -0.4 is 15.0 Å². The summed E-state index contributed by atoms with van der Waals surface area (Å²) in [6.45, 7) is -0.0909. The number of benzene rings is 1. The first-order valence-corrected chi connectivity index (χ1v) is 8.93. The van der Waals surface area contributed by atoms with Crippen LogP contribution in [0.25, 0.3) is 0 Å². The number of ether oxygens (including phenoxy) is 1. The normalized spacial score (nSPS) is 12.8. The average Bonchev–Trinajstić information content (AvgIpc) is 3.17. The van der Waals surface area contributed by atoms with Gasteiger partial charge in [0.05, 0.1) is 17.2 Å². The molecule has 1 aliphatic rings. The van der Waals surface area contributed by atoms with Crippen molar-refractivity contribution in [3.05, 3.63) is 70.7 Å². The summed E-state index contributed by atoms with van der Waals surface area (Å²) in [5, 5.41) is 17.9. The predicted molar refractivity (Wildman–Crippen MR) is 105 cm³/mol. The van der Waals surface area contributed by atoms with E-state index in [1.54, 1.807) is 29.3 Å². The fourth-order valence-corrected chi connectivity index (χ4v) is 3.00. The zero-order valence-electron chi connectivity index (χ0n) is 15.6. The second-order valence-corrected chi connectivity index (χ2v) is 6.49. The lowest BCUT2D eigenvalue weighted by Crippen LogP contribution is -2.43. The highest BCUT2D eigenvalue weighted by Gasteiger charge is 2.29. The van der Waals surface area contributed by atoms with Crippen molar-refractivity contribution in [2.45, 2.75) is 6.54 Å². The van der Waals surface area contributed by atoms with Crippen LogP contribution in [-0.2, 0) is 16.1 Å². The van der Waals surface area contributed by atoms with Gasteiger partial charge in [-0.05, 0) is 17.7 Å². The summed E-state index contributed by atoms with van der Waals surface area (Å²) in [6.07, 6.45) is 5.11. The van der Waals surface area contributed by atoms with E-state index in [1.807, 2.05) is 12.1 Å². The molecule has 0 saturated carbocycles. The molecule has 3 aromatic rings. The molecule has 0 aliphatic carbocycles. The number of hydrogen-bond acceptors (Lipinski definition) is 7. The number of rotatable bonds is 6. The maximum atomic E-state index is 12.5. The Morgan fingerprint density at radius 3 is 2.93 bits per heavy atom.